The van der Waals surface area contributed by atoms with Gasteiger partial charge < -0.3 is 16.0 Å². The van der Waals surface area contributed by atoms with E-state index in [4.69, 9.17) is 12.2 Å². The molecule has 0 spiro atoms. The molecule has 3 N–H and O–H groups in total. The van der Waals surface area contributed by atoms with Crippen LogP contribution in [-0.2, 0) is 4.79 Å². The molecule has 0 aliphatic carbocycles. The first kappa shape index (κ1) is 17.6. The van der Waals surface area contributed by atoms with E-state index in [1.165, 1.54) is 6.07 Å². The number of carbonyl (C=O) groups is 1. The standard InChI is InChI=1S/C18H15BrFN3OS/c1-10-15(17(24)22-12-5-3-2-4-6-12)16(23-18(25)21-10)13-9-11(19)7-8-14(13)20/h2-9,16H,1H3,(H,22,24)(H2,21,23,25). The molecule has 0 fully saturated rings. The summed E-state index contributed by atoms with van der Waals surface area (Å²) in [5, 5.41) is 9.11. The van der Waals surface area contributed by atoms with Gasteiger partial charge in [-0.25, -0.2) is 4.39 Å². The third-order valence-electron chi connectivity index (χ3n) is 3.81. The SMILES string of the molecule is CC1=C(C(=O)Nc2ccccc2)C(c2cc(Br)ccc2F)NC(=S)N1. The average Bonchev–Trinajstić information content (AvgIpc) is 2.57. The van der Waals surface area contributed by atoms with Crippen molar-refractivity contribution >= 4 is 44.9 Å². The number of thiocarbonyl (C=S) groups is 1. The summed E-state index contributed by atoms with van der Waals surface area (Å²) < 4.78 is 15.1. The van der Waals surface area contributed by atoms with Gasteiger partial charge in [0.2, 0.25) is 0 Å². The van der Waals surface area contributed by atoms with Gasteiger partial charge in [0.05, 0.1) is 11.6 Å². The number of para-hydroxylation sites is 1. The Hall–Kier alpha value is -2.25. The molecule has 2 aromatic carbocycles. The van der Waals surface area contributed by atoms with Crippen molar-refractivity contribution in [1.29, 1.82) is 0 Å². The van der Waals surface area contributed by atoms with Crippen LogP contribution in [0.15, 0.2) is 64.3 Å². The third-order valence-corrected chi connectivity index (χ3v) is 4.53. The summed E-state index contributed by atoms with van der Waals surface area (Å²) in [5.41, 5.74) is 1.97. The van der Waals surface area contributed by atoms with E-state index < -0.39 is 11.9 Å². The van der Waals surface area contributed by atoms with Crippen molar-refractivity contribution in [2.75, 3.05) is 5.32 Å². The number of anilines is 1. The zero-order valence-electron chi connectivity index (χ0n) is 13.3. The summed E-state index contributed by atoms with van der Waals surface area (Å²) in [6, 6.07) is 13.0. The molecule has 128 valence electrons. The van der Waals surface area contributed by atoms with Crippen LogP contribution >= 0.6 is 28.1 Å². The number of nitrogens with one attached hydrogen (secondary N) is 3. The van der Waals surface area contributed by atoms with Gasteiger partial charge in [0.1, 0.15) is 5.82 Å². The van der Waals surface area contributed by atoms with Gasteiger partial charge in [0.25, 0.3) is 5.91 Å². The van der Waals surface area contributed by atoms with E-state index >= 15 is 0 Å². The highest BCUT2D eigenvalue weighted by Crippen LogP contribution is 2.31. The monoisotopic (exact) mass is 419 g/mol. The van der Waals surface area contributed by atoms with Crippen molar-refractivity contribution in [3.05, 3.63) is 75.7 Å². The van der Waals surface area contributed by atoms with Crippen molar-refractivity contribution in [1.82, 2.24) is 10.6 Å². The number of halogens is 2. The molecule has 7 heteroatoms. The molecule has 1 aliphatic heterocycles. The molecular weight excluding hydrogens is 405 g/mol. The van der Waals surface area contributed by atoms with Crippen LogP contribution in [0, 0.1) is 5.82 Å². The van der Waals surface area contributed by atoms with E-state index in [0.29, 0.717) is 27.6 Å². The Labute approximate surface area is 158 Å². The zero-order valence-corrected chi connectivity index (χ0v) is 15.7. The number of allylic oxidation sites excluding steroid dienone is 1. The molecule has 1 unspecified atom stereocenters. The van der Waals surface area contributed by atoms with Crippen LogP contribution in [0.1, 0.15) is 18.5 Å². The Morgan fingerprint density at radius 2 is 1.96 bits per heavy atom. The largest absolute Gasteiger partial charge is 0.351 e. The highest BCUT2D eigenvalue weighted by molar-refractivity contribution is 9.10. The first-order chi connectivity index (χ1) is 12.0. The van der Waals surface area contributed by atoms with Crippen LogP contribution in [0.25, 0.3) is 0 Å². The minimum Gasteiger partial charge on any atom is -0.351 e. The number of benzene rings is 2. The highest BCUT2D eigenvalue weighted by Gasteiger charge is 2.31. The molecule has 1 atom stereocenters. The highest BCUT2D eigenvalue weighted by atomic mass is 79.9. The number of carbonyl (C=O) groups excluding carboxylic acids is 1. The maximum absolute atomic E-state index is 14.4. The van der Waals surface area contributed by atoms with Gasteiger partial charge in [0, 0.05) is 21.4 Å². The van der Waals surface area contributed by atoms with E-state index in [-0.39, 0.29) is 5.91 Å². The van der Waals surface area contributed by atoms with Crippen molar-refractivity contribution in [3.8, 4) is 0 Å². The van der Waals surface area contributed by atoms with Crippen LogP contribution in [0.5, 0.6) is 0 Å². The second kappa shape index (κ2) is 7.33. The molecule has 0 radical (unpaired) electrons. The first-order valence-electron chi connectivity index (χ1n) is 7.55. The maximum atomic E-state index is 14.4. The summed E-state index contributed by atoms with van der Waals surface area (Å²) in [6.07, 6.45) is 0. The lowest BCUT2D eigenvalue weighted by Crippen LogP contribution is -2.46. The van der Waals surface area contributed by atoms with Gasteiger partial charge in [-0.15, -0.1) is 0 Å². The Balaban J connectivity index is 2.00. The Morgan fingerprint density at radius 1 is 1.24 bits per heavy atom. The van der Waals surface area contributed by atoms with Crippen molar-refractivity contribution < 1.29 is 9.18 Å². The molecule has 3 rings (SSSR count). The van der Waals surface area contributed by atoms with Crippen molar-refractivity contribution in [2.24, 2.45) is 0 Å². The number of amides is 1. The molecule has 0 saturated carbocycles. The minimum atomic E-state index is -0.685. The van der Waals surface area contributed by atoms with Crippen LogP contribution in [-0.4, -0.2) is 11.0 Å². The van der Waals surface area contributed by atoms with E-state index in [0.717, 1.165) is 4.47 Å². The third kappa shape index (κ3) is 3.88. The fourth-order valence-corrected chi connectivity index (χ4v) is 3.33. The van der Waals surface area contributed by atoms with E-state index in [2.05, 4.69) is 31.9 Å². The van der Waals surface area contributed by atoms with Gasteiger partial charge in [-0.3, -0.25) is 4.79 Å². The topological polar surface area (TPSA) is 53.2 Å². The molecule has 2 aromatic rings. The lowest BCUT2D eigenvalue weighted by atomic mass is 9.94. The molecule has 4 nitrogen and oxygen atoms in total. The Bertz CT molecular complexity index is 870. The molecule has 0 aromatic heterocycles. The van der Waals surface area contributed by atoms with E-state index in [1.54, 1.807) is 31.2 Å². The fourth-order valence-electron chi connectivity index (χ4n) is 2.68. The van der Waals surface area contributed by atoms with Crippen LogP contribution < -0.4 is 16.0 Å². The molecule has 0 saturated heterocycles. The van der Waals surface area contributed by atoms with Gasteiger partial charge in [0.15, 0.2) is 5.11 Å². The quantitative estimate of drug-likeness (QED) is 0.657. The lowest BCUT2D eigenvalue weighted by molar-refractivity contribution is -0.113. The van der Waals surface area contributed by atoms with Gasteiger partial charge in [-0.2, -0.15) is 0 Å². The van der Waals surface area contributed by atoms with Crippen LogP contribution in [0.2, 0.25) is 0 Å². The molecule has 0 bridgehead atoms. The molecule has 1 heterocycles. The van der Waals surface area contributed by atoms with Crippen LogP contribution in [0.4, 0.5) is 10.1 Å². The summed E-state index contributed by atoms with van der Waals surface area (Å²) in [6.45, 7) is 1.75. The Kier molecular flexibility index (Phi) is 5.15. The van der Waals surface area contributed by atoms with Crippen molar-refractivity contribution in [2.45, 2.75) is 13.0 Å². The van der Waals surface area contributed by atoms with Gasteiger partial charge in [-0.1, -0.05) is 34.1 Å². The first-order valence-corrected chi connectivity index (χ1v) is 8.75. The van der Waals surface area contributed by atoms with E-state index in [9.17, 15) is 9.18 Å². The van der Waals surface area contributed by atoms with Crippen molar-refractivity contribution in [3.63, 3.8) is 0 Å². The normalized spacial score (nSPS) is 16.9. The molecule has 1 aliphatic rings. The molecule has 1 amide bonds. The van der Waals surface area contributed by atoms with Gasteiger partial charge in [-0.05, 0) is 49.5 Å². The fraction of sp³-hybridized carbons (Fsp3) is 0.111. The minimum absolute atomic E-state index is 0.324. The van der Waals surface area contributed by atoms with Crippen LogP contribution in [0.3, 0.4) is 0 Å². The second-order valence-corrected chi connectivity index (χ2v) is 6.88. The van der Waals surface area contributed by atoms with E-state index in [1.807, 2.05) is 18.2 Å². The number of hydrogen-bond donors (Lipinski definition) is 3. The summed E-state index contributed by atoms with van der Waals surface area (Å²) in [5.74, 6) is -0.737. The number of rotatable bonds is 3. The zero-order chi connectivity index (χ0) is 18.0. The smallest absolute Gasteiger partial charge is 0.255 e. The average molecular weight is 420 g/mol. The summed E-state index contributed by atoms with van der Waals surface area (Å²) >= 11 is 8.53. The molecular formula is C18H15BrFN3OS. The predicted octanol–water partition coefficient (Wildman–Crippen LogP) is 4.02. The Morgan fingerprint density at radius 3 is 2.68 bits per heavy atom. The maximum Gasteiger partial charge on any atom is 0.255 e. The summed E-state index contributed by atoms with van der Waals surface area (Å²) in [4.78, 5) is 12.8. The lowest BCUT2D eigenvalue weighted by Gasteiger charge is -2.30. The summed E-state index contributed by atoms with van der Waals surface area (Å²) in [7, 11) is 0. The van der Waals surface area contributed by atoms with Gasteiger partial charge >= 0.3 is 0 Å². The predicted molar refractivity (Wildman–Crippen MR) is 103 cm³/mol. The number of hydrogen-bond acceptors (Lipinski definition) is 2. The molecule has 25 heavy (non-hydrogen) atoms. The second-order valence-electron chi connectivity index (χ2n) is 5.56.